The maximum Gasteiger partial charge on any atom is 0.256 e. The number of hydrogen-bond donors (Lipinski definition) is 5. The van der Waals surface area contributed by atoms with Gasteiger partial charge in [-0.2, -0.15) is 0 Å². The first-order valence-electron chi connectivity index (χ1n) is 11.6. The molecule has 2 aliphatic rings. The Balaban J connectivity index is 1.41. The molecular weight excluding hydrogens is 455 g/mol. The Hall–Kier alpha value is -3.50. The summed E-state index contributed by atoms with van der Waals surface area (Å²) in [5, 5.41) is 25.2. The molecule has 2 aromatic rings. The van der Waals surface area contributed by atoms with Crippen molar-refractivity contribution in [2.75, 3.05) is 25.0 Å². The summed E-state index contributed by atoms with van der Waals surface area (Å²) < 4.78 is 13.7. The van der Waals surface area contributed by atoms with E-state index < -0.39 is 23.9 Å². The summed E-state index contributed by atoms with van der Waals surface area (Å²) in [4.78, 5) is 42.3. The van der Waals surface area contributed by atoms with E-state index in [1.54, 1.807) is 24.8 Å². The number of H-pyrrole nitrogens is 1. The van der Waals surface area contributed by atoms with Gasteiger partial charge in [-0.15, -0.1) is 0 Å². The van der Waals surface area contributed by atoms with Crippen LogP contribution >= 0.6 is 0 Å². The third-order valence-corrected chi connectivity index (χ3v) is 6.48. The number of aromatic amines is 1. The molecule has 1 fully saturated rings. The van der Waals surface area contributed by atoms with Crippen LogP contribution in [-0.2, 0) is 9.59 Å². The average Bonchev–Trinajstić information content (AvgIpc) is 3.27. The highest BCUT2D eigenvalue weighted by atomic mass is 19.1. The van der Waals surface area contributed by atoms with Crippen LogP contribution in [0.1, 0.15) is 52.1 Å². The van der Waals surface area contributed by atoms with Crippen LogP contribution in [-0.4, -0.2) is 69.7 Å². The molecule has 186 valence electrons. The van der Waals surface area contributed by atoms with Crippen LogP contribution in [0.3, 0.4) is 0 Å². The lowest BCUT2D eigenvalue weighted by Crippen LogP contribution is -2.42. The van der Waals surface area contributed by atoms with Gasteiger partial charge in [-0.1, -0.05) is 0 Å². The molecule has 3 heterocycles. The number of aliphatic hydroxyl groups is 2. The summed E-state index contributed by atoms with van der Waals surface area (Å²) in [6.45, 7) is 4.25. The Kier molecular flexibility index (Phi) is 7.04. The number of amides is 3. The molecule has 4 rings (SSSR count). The zero-order chi connectivity index (χ0) is 25.3. The van der Waals surface area contributed by atoms with Gasteiger partial charge in [-0.25, -0.2) is 4.39 Å². The number of rotatable bonds is 6. The fourth-order valence-electron chi connectivity index (χ4n) is 4.52. The van der Waals surface area contributed by atoms with E-state index >= 15 is 0 Å². The Morgan fingerprint density at radius 2 is 2.00 bits per heavy atom. The van der Waals surface area contributed by atoms with Gasteiger partial charge >= 0.3 is 0 Å². The Bertz CT molecular complexity index is 1200. The molecule has 0 bridgehead atoms. The van der Waals surface area contributed by atoms with E-state index in [1.807, 2.05) is 0 Å². The van der Waals surface area contributed by atoms with E-state index in [4.69, 9.17) is 0 Å². The molecule has 1 unspecified atom stereocenters. The number of carbonyl (C=O) groups is 3. The highest BCUT2D eigenvalue weighted by Gasteiger charge is 2.27. The van der Waals surface area contributed by atoms with Crippen LogP contribution < -0.4 is 10.6 Å². The molecule has 35 heavy (non-hydrogen) atoms. The van der Waals surface area contributed by atoms with Gasteiger partial charge < -0.3 is 30.7 Å². The topological polar surface area (TPSA) is 135 Å². The number of piperidine rings is 1. The second kappa shape index (κ2) is 10.0. The molecule has 0 saturated carbocycles. The number of fused-ring (bicyclic) bond motifs is 1. The molecule has 9 nitrogen and oxygen atoms in total. The molecule has 1 aromatic carbocycles. The molecule has 1 saturated heterocycles. The molecule has 0 spiro atoms. The first-order valence-corrected chi connectivity index (χ1v) is 11.6. The first-order chi connectivity index (χ1) is 16.6. The molecule has 10 heteroatoms. The molecule has 0 radical (unpaired) electrons. The van der Waals surface area contributed by atoms with Crippen molar-refractivity contribution in [2.24, 2.45) is 0 Å². The summed E-state index contributed by atoms with van der Waals surface area (Å²) >= 11 is 0. The molecule has 0 aliphatic carbocycles. The molecule has 2 aliphatic heterocycles. The molecule has 3 amide bonds. The zero-order valence-corrected chi connectivity index (χ0v) is 19.7. The van der Waals surface area contributed by atoms with Crippen molar-refractivity contribution in [1.29, 1.82) is 0 Å². The molecule has 1 aromatic heterocycles. The van der Waals surface area contributed by atoms with Crippen molar-refractivity contribution in [3.8, 4) is 0 Å². The van der Waals surface area contributed by atoms with Gasteiger partial charge in [0.25, 0.3) is 11.8 Å². The quantitative estimate of drug-likeness (QED) is 0.398. The fourth-order valence-corrected chi connectivity index (χ4v) is 4.52. The summed E-state index contributed by atoms with van der Waals surface area (Å²) in [5.74, 6) is -1.45. The first kappa shape index (κ1) is 24.6. The number of hydrogen-bond acceptors (Lipinski definition) is 5. The van der Waals surface area contributed by atoms with Gasteiger partial charge in [0.15, 0.2) is 0 Å². The third kappa shape index (κ3) is 5.28. The minimum Gasteiger partial charge on any atom is -0.393 e. The van der Waals surface area contributed by atoms with E-state index in [0.29, 0.717) is 59.7 Å². The Morgan fingerprint density at radius 1 is 1.29 bits per heavy atom. The Morgan fingerprint density at radius 3 is 2.71 bits per heavy atom. The van der Waals surface area contributed by atoms with E-state index in [0.717, 1.165) is 0 Å². The van der Waals surface area contributed by atoms with Crippen molar-refractivity contribution in [3.63, 3.8) is 0 Å². The van der Waals surface area contributed by atoms with Gasteiger partial charge in [0.2, 0.25) is 5.91 Å². The van der Waals surface area contributed by atoms with E-state index in [1.165, 1.54) is 18.2 Å². The lowest BCUT2D eigenvalue weighted by atomic mass is 10.0. The highest BCUT2D eigenvalue weighted by Crippen LogP contribution is 2.34. The normalized spacial score (nSPS) is 17.9. The number of aliphatic hydroxyl groups excluding tert-OH is 2. The third-order valence-electron chi connectivity index (χ3n) is 6.48. The second-order valence-corrected chi connectivity index (χ2v) is 9.05. The molecular formula is C25H29FN4O5. The number of nitrogens with zero attached hydrogens (tertiary/aromatic N) is 1. The number of carbonyl (C=O) groups excluding carboxylic acids is 3. The van der Waals surface area contributed by atoms with E-state index in [-0.39, 0.29) is 30.4 Å². The van der Waals surface area contributed by atoms with Crippen LogP contribution in [0.25, 0.3) is 11.6 Å². The average molecular weight is 485 g/mol. The van der Waals surface area contributed by atoms with Crippen molar-refractivity contribution >= 4 is 35.1 Å². The van der Waals surface area contributed by atoms with Gasteiger partial charge in [0.05, 0.1) is 29.8 Å². The largest absolute Gasteiger partial charge is 0.393 e. The lowest BCUT2D eigenvalue weighted by molar-refractivity contribution is -0.135. The predicted octanol–water partition coefficient (Wildman–Crippen LogP) is 1.73. The van der Waals surface area contributed by atoms with Crippen LogP contribution in [0.15, 0.2) is 18.2 Å². The van der Waals surface area contributed by atoms with Crippen molar-refractivity contribution in [2.45, 2.75) is 45.3 Å². The van der Waals surface area contributed by atoms with Crippen LogP contribution in [0, 0.1) is 19.7 Å². The van der Waals surface area contributed by atoms with Crippen molar-refractivity contribution in [1.82, 2.24) is 15.2 Å². The second-order valence-electron chi connectivity index (χ2n) is 9.05. The highest BCUT2D eigenvalue weighted by molar-refractivity contribution is 6.34. The maximum absolute atomic E-state index is 13.7. The SMILES string of the molecule is Cc1[nH]c(/C=C2\C(=O)Nc3ccc(F)cc32)c(C)c1C(=O)NCC(O)CC(=O)N1CCC(O)CC1. The van der Waals surface area contributed by atoms with Gasteiger partial charge in [0, 0.05) is 42.3 Å². The Labute approximate surface area is 202 Å². The number of anilines is 1. The monoisotopic (exact) mass is 484 g/mol. The summed E-state index contributed by atoms with van der Waals surface area (Å²) in [6, 6.07) is 4.06. The minimum atomic E-state index is -1.05. The maximum atomic E-state index is 13.7. The summed E-state index contributed by atoms with van der Waals surface area (Å²) in [7, 11) is 0. The number of benzene rings is 1. The van der Waals surface area contributed by atoms with E-state index in [2.05, 4.69) is 15.6 Å². The number of nitrogens with one attached hydrogen (secondary N) is 3. The summed E-state index contributed by atoms with van der Waals surface area (Å²) in [5.41, 5.74) is 3.34. The van der Waals surface area contributed by atoms with Gasteiger partial charge in [-0.3, -0.25) is 14.4 Å². The van der Waals surface area contributed by atoms with Crippen LogP contribution in [0.2, 0.25) is 0 Å². The minimum absolute atomic E-state index is 0.101. The standard InChI is InChI=1S/C25H29FN4O5/c1-13-21(11-19-18-9-15(26)3-4-20(18)29-24(19)34)28-14(2)23(13)25(35)27-12-17(32)10-22(33)30-7-5-16(31)6-8-30/h3-4,9,11,16-17,28,31-32H,5-8,10,12H2,1-2H3,(H,27,35)(H,29,34)/b19-11-. The van der Waals surface area contributed by atoms with Gasteiger partial charge in [-0.05, 0) is 56.5 Å². The summed E-state index contributed by atoms with van der Waals surface area (Å²) in [6.07, 6.45) is 1.06. The molecule has 5 N–H and O–H groups in total. The number of halogens is 1. The van der Waals surface area contributed by atoms with Crippen molar-refractivity contribution in [3.05, 3.63) is 52.1 Å². The van der Waals surface area contributed by atoms with Crippen LogP contribution in [0.5, 0.6) is 0 Å². The van der Waals surface area contributed by atoms with Crippen LogP contribution in [0.4, 0.5) is 10.1 Å². The van der Waals surface area contributed by atoms with E-state index in [9.17, 15) is 29.0 Å². The lowest BCUT2D eigenvalue weighted by Gasteiger charge is -2.30. The van der Waals surface area contributed by atoms with Gasteiger partial charge in [0.1, 0.15) is 5.82 Å². The number of likely N-dealkylation sites (tertiary alicyclic amines) is 1. The predicted molar refractivity (Wildman–Crippen MR) is 128 cm³/mol. The number of aromatic nitrogens is 1. The fraction of sp³-hybridized carbons (Fsp3) is 0.400. The molecule has 1 atom stereocenters. The zero-order valence-electron chi connectivity index (χ0n) is 19.7. The van der Waals surface area contributed by atoms with Crippen molar-refractivity contribution < 1.29 is 29.0 Å². The number of aryl methyl sites for hydroxylation is 1. The smallest absolute Gasteiger partial charge is 0.256 e.